The predicted octanol–water partition coefficient (Wildman–Crippen LogP) is 7.87. The van der Waals surface area contributed by atoms with Crippen LogP contribution in [0.15, 0.2) is 78.2 Å². The Labute approximate surface area is 253 Å². The first-order valence-corrected chi connectivity index (χ1v) is 14.2. The number of aliphatic carboxylic acids is 1. The zero-order chi connectivity index (χ0) is 32.2. The number of allylic oxidation sites excluding steroid dienone is 2. The van der Waals surface area contributed by atoms with E-state index >= 15 is 0 Å². The molecule has 228 valence electrons. The molecule has 0 fully saturated rings. The number of halogens is 6. The van der Waals surface area contributed by atoms with Crippen molar-refractivity contribution >= 4 is 51.7 Å². The Morgan fingerprint density at radius 1 is 0.773 bits per heavy atom. The lowest BCUT2D eigenvalue weighted by atomic mass is 9.96. The molecule has 0 aliphatic heterocycles. The third-order valence-corrected chi connectivity index (χ3v) is 8.25. The van der Waals surface area contributed by atoms with Crippen molar-refractivity contribution in [3.63, 3.8) is 0 Å². The standard InChI is InChI=1S/C30H19F6NO5S2/c31-29(32,33)19-12-18(13-20(14-19)30(34,35)36)22(38)15-21(23-7-8-25(44-23)24-2-1-11-43-24)27(41)16-3-5-17(6-4-16)28(42)37-10-9-26(39)40/h1-8,11-15H,9-10H2,(H,37,42)(H,39,40). The van der Waals surface area contributed by atoms with Crippen LogP contribution >= 0.6 is 22.7 Å². The third kappa shape index (κ3) is 7.88. The number of Topliss-reactive ketones (excluding diaryl/α,β-unsaturated/α-hetero) is 1. The molecule has 0 radical (unpaired) electrons. The number of hydrogen-bond acceptors (Lipinski definition) is 6. The van der Waals surface area contributed by atoms with Crippen molar-refractivity contribution in [2.24, 2.45) is 0 Å². The molecule has 0 atom stereocenters. The summed E-state index contributed by atoms with van der Waals surface area (Å²) in [4.78, 5) is 51.5. The molecule has 2 heterocycles. The number of alkyl halides is 6. The summed E-state index contributed by atoms with van der Waals surface area (Å²) in [5, 5.41) is 12.9. The molecule has 6 nitrogen and oxygen atoms in total. The number of rotatable bonds is 10. The second-order valence-electron chi connectivity index (χ2n) is 9.16. The van der Waals surface area contributed by atoms with Gasteiger partial charge in [0.1, 0.15) is 0 Å². The Bertz CT molecular complexity index is 1700. The van der Waals surface area contributed by atoms with E-state index in [9.17, 15) is 45.5 Å². The number of thiophene rings is 2. The van der Waals surface area contributed by atoms with Crippen molar-refractivity contribution in [3.05, 3.63) is 111 Å². The van der Waals surface area contributed by atoms with E-state index in [1.807, 2.05) is 5.38 Å². The molecule has 0 aliphatic carbocycles. The van der Waals surface area contributed by atoms with Crippen molar-refractivity contribution in [1.82, 2.24) is 5.32 Å². The van der Waals surface area contributed by atoms with Gasteiger partial charge in [-0.25, -0.2) is 0 Å². The Morgan fingerprint density at radius 2 is 1.39 bits per heavy atom. The predicted molar refractivity (Wildman–Crippen MR) is 152 cm³/mol. The van der Waals surface area contributed by atoms with Gasteiger partial charge in [0.15, 0.2) is 11.6 Å². The van der Waals surface area contributed by atoms with Crippen molar-refractivity contribution in [1.29, 1.82) is 0 Å². The molecule has 2 N–H and O–H groups in total. The quantitative estimate of drug-likeness (QED) is 0.103. The van der Waals surface area contributed by atoms with E-state index in [1.54, 1.807) is 18.2 Å². The van der Waals surface area contributed by atoms with Gasteiger partial charge in [-0.2, -0.15) is 26.3 Å². The van der Waals surface area contributed by atoms with E-state index in [-0.39, 0.29) is 40.6 Å². The van der Waals surface area contributed by atoms with Gasteiger partial charge in [-0.15, -0.1) is 22.7 Å². The summed E-state index contributed by atoms with van der Waals surface area (Å²) in [5.41, 5.74) is -4.49. The van der Waals surface area contributed by atoms with E-state index < -0.39 is 52.5 Å². The maximum atomic E-state index is 13.7. The molecule has 4 aromatic rings. The number of carbonyl (C=O) groups excluding carboxylic acids is 3. The molecular formula is C30H19F6NO5S2. The monoisotopic (exact) mass is 651 g/mol. The maximum Gasteiger partial charge on any atom is 0.416 e. The van der Waals surface area contributed by atoms with Crippen LogP contribution in [0.2, 0.25) is 0 Å². The molecule has 0 unspecified atom stereocenters. The van der Waals surface area contributed by atoms with Crippen LogP contribution in [0.25, 0.3) is 15.3 Å². The highest BCUT2D eigenvalue weighted by atomic mass is 32.1. The largest absolute Gasteiger partial charge is 0.481 e. The molecular weight excluding hydrogens is 632 g/mol. The fourth-order valence-corrected chi connectivity index (χ4v) is 5.76. The first-order chi connectivity index (χ1) is 20.6. The summed E-state index contributed by atoms with van der Waals surface area (Å²) < 4.78 is 80.4. The normalized spacial score (nSPS) is 12.2. The lowest BCUT2D eigenvalue weighted by molar-refractivity contribution is -0.143. The lowest BCUT2D eigenvalue weighted by Gasteiger charge is -2.13. The molecule has 0 spiro atoms. The van der Waals surface area contributed by atoms with Crippen LogP contribution in [0.1, 0.15) is 53.5 Å². The highest BCUT2D eigenvalue weighted by Gasteiger charge is 2.37. The van der Waals surface area contributed by atoms with Crippen LogP contribution in [-0.4, -0.2) is 35.1 Å². The molecule has 4 rings (SSSR count). The number of hydrogen-bond donors (Lipinski definition) is 2. The number of carboxylic acid groups (broad SMARTS) is 1. The average molecular weight is 652 g/mol. The molecule has 44 heavy (non-hydrogen) atoms. The van der Waals surface area contributed by atoms with Crippen LogP contribution in [0.5, 0.6) is 0 Å². The van der Waals surface area contributed by atoms with Crippen LogP contribution in [0.3, 0.4) is 0 Å². The van der Waals surface area contributed by atoms with Gasteiger partial charge < -0.3 is 10.4 Å². The molecule has 1 amide bonds. The fourth-order valence-electron chi connectivity index (χ4n) is 3.91. The minimum atomic E-state index is -5.18. The van der Waals surface area contributed by atoms with Crippen LogP contribution in [0, 0.1) is 0 Å². The van der Waals surface area contributed by atoms with Crippen LogP contribution < -0.4 is 5.32 Å². The van der Waals surface area contributed by atoms with Gasteiger partial charge in [-0.05, 0) is 60.0 Å². The van der Waals surface area contributed by atoms with Gasteiger partial charge in [0.25, 0.3) is 5.91 Å². The first-order valence-electron chi connectivity index (χ1n) is 12.5. The minimum absolute atomic E-state index is 0.0303. The van der Waals surface area contributed by atoms with Gasteiger partial charge in [0.05, 0.1) is 17.5 Å². The number of benzene rings is 2. The summed E-state index contributed by atoms with van der Waals surface area (Å²) in [6, 6.07) is 12.3. The zero-order valence-corrected chi connectivity index (χ0v) is 23.7. The Balaban J connectivity index is 1.74. The van der Waals surface area contributed by atoms with Crippen molar-refractivity contribution < 1.29 is 50.6 Å². The summed E-state index contributed by atoms with van der Waals surface area (Å²) in [6.45, 7) is -0.139. The van der Waals surface area contributed by atoms with Gasteiger partial charge in [0, 0.05) is 43.4 Å². The van der Waals surface area contributed by atoms with E-state index in [2.05, 4.69) is 5.32 Å². The first kappa shape index (κ1) is 32.4. The number of amides is 1. The fraction of sp³-hybridized carbons (Fsp3) is 0.133. The number of nitrogens with one attached hydrogen (secondary N) is 1. The Morgan fingerprint density at radius 3 is 1.93 bits per heavy atom. The maximum absolute atomic E-state index is 13.7. The highest BCUT2D eigenvalue weighted by molar-refractivity contribution is 7.22. The highest BCUT2D eigenvalue weighted by Crippen LogP contribution is 2.38. The van der Waals surface area contributed by atoms with Crippen molar-refractivity contribution in [2.45, 2.75) is 18.8 Å². The smallest absolute Gasteiger partial charge is 0.416 e. The molecule has 0 bridgehead atoms. The van der Waals surface area contributed by atoms with Gasteiger partial charge >= 0.3 is 18.3 Å². The Kier molecular flexibility index (Phi) is 9.54. The SMILES string of the molecule is O=C(O)CCNC(=O)c1ccc(C(=O)C(=CC(=O)c2cc(C(F)(F)F)cc(C(F)(F)F)c2)c2ccc(-c3cccs3)s2)cc1. The third-order valence-electron chi connectivity index (χ3n) is 6.06. The molecule has 2 aromatic carbocycles. The number of carboxylic acids is 1. The molecule has 14 heteroatoms. The van der Waals surface area contributed by atoms with E-state index in [4.69, 9.17) is 5.11 Å². The van der Waals surface area contributed by atoms with Crippen molar-refractivity contribution in [3.8, 4) is 9.75 Å². The summed E-state index contributed by atoms with van der Waals surface area (Å²) >= 11 is 2.48. The topological polar surface area (TPSA) is 101 Å². The Hall–Kier alpha value is -4.56. The second-order valence-corrected chi connectivity index (χ2v) is 11.2. The van der Waals surface area contributed by atoms with Crippen LogP contribution in [0.4, 0.5) is 26.3 Å². The van der Waals surface area contributed by atoms with E-state index in [1.165, 1.54) is 41.7 Å². The van der Waals surface area contributed by atoms with Crippen molar-refractivity contribution in [2.75, 3.05) is 6.54 Å². The lowest BCUT2D eigenvalue weighted by Crippen LogP contribution is -2.26. The van der Waals surface area contributed by atoms with E-state index in [0.29, 0.717) is 23.1 Å². The second kappa shape index (κ2) is 13.0. The van der Waals surface area contributed by atoms with Gasteiger partial charge in [-0.1, -0.05) is 18.2 Å². The molecule has 2 aromatic heterocycles. The molecule has 0 saturated heterocycles. The summed E-state index contributed by atoms with van der Waals surface area (Å²) in [6.07, 6.45) is -9.96. The summed E-state index contributed by atoms with van der Waals surface area (Å²) in [7, 11) is 0. The van der Waals surface area contributed by atoms with E-state index in [0.717, 1.165) is 16.2 Å². The number of carbonyl (C=O) groups is 4. The molecule has 0 aliphatic rings. The molecule has 0 saturated carbocycles. The summed E-state index contributed by atoms with van der Waals surface area (Å²) in [5.74, 6) is -3.76. The average Bonchev–Trinajstić information content (AvgIpc) is 3.67. The van der Waals surface area contributed by atoms with Gasteiger partial charge in [-0.3, -0.25) is 19.2 Å². The zero-order valence-electron chi connectivity index (χ0n) is 22.1. The minimum Gasteiger partial charge on any atom is -0.481 e. The van der Waals surface area contributed by atoms with Gasteiger partial charge in [0.2, 0.25) is 0 Å². The number of ketones is 2. The van der Waals surface area contributed by atoms with Crippen LogP contribution in [-0.2, 0) is 17.1 Å².